The first-order valence-corrected chi connectivity index (χ1v) is 28.1. The standard InChI is InChI=1S/C13H9.C4H10N.C4H11O2Si.CH3.CH2.2ClH.Zr/c1-3-7-12-10(5-1)9-11-6-2-4-8-13(11)12;1-4(2,3)5;1-7(2,3)6-4-5;;;;;/h1-9H;5H,1-3H3;4H2,1-3H3;1H3;1H2;2*1H;/q;2*-1;;;;;+4/p-2. The predicted octanol–water partition coefficient (Wildman–Crippen LogP) is 7.35. The van der Waals surface area contributed by atoms with Gasteiger partial charge in [0, 0.05) is 0 Å². The molecule has 0 saturated carbocycles. The number of hydrogen-bond acceptors (Lipinski definition) is 3. The zero-order valence-corrected chi connectivity index (χ0v) is 24.2. The third-order valence-electron chi connectivity index (χ3n) is 5.67. The summed E-state index contributed by atoms with van der Waals surface area (Å²) in [5, 5.41) is 0. The maximum atomic E-state index is 7.83. The summed E-state index contributed by atoms with van der Waals surface area (Å²) in [6, 6.07) is 16.5. The Balaban J connectivity index is 2.33. The zero-order chi connectivity index (χ0) is 22.7. The Kier molecular flexibility index (Phi) is 5.11. The summed E-state index contributed by atoms with van der Waals surface area (Å²) >= 11 is -6.55. The Morgan fingerprint density at radius 1 is 0.967 bits per heavy atom. The summed E-state index contributed by atoms with van der Waals surface area (Å²) in [6.45, 7) is 12.4. The van der Waals surface area contributed by atoms with Crippen molar-refractivity contribution in [2.24, 2.45) is 0 Å². The van der Waals surface area contributed by atoms with Crippen molar-refractivity contribution in [2.45, 2.75) is 54.2 Å². The van der Waals surface area contributed by atoms with E-state index in [0.29, 0.717) is 0 Å². The molecule has 2 aromatic rings. The van der Waals surface area contributed by atoms with E-state index >= 15 is 0 Å². The molecular weight excluding hydrogens is 512 g/mol. The Bertz CT molecular complexity index is 1080. The summed E-state index contributed by atoms with van der Waals surface area (Å²) in [5.74, 6) is 0. The fourth-order valence-corrected chi connectivity index (χ4v) is 27.3. The Hall–Kier alpha value is -0.130. The van der Waals surface area contributed by atoms with E-state index in [0.717, 1.165) is 22.3 Å². The van der Waals surface area contributed by atoms with E-state index < -0.39 is 31.2 Å². The topological polar surface area (TPSA) is 30.5 Å². The molecule has 0 radical (unpaired) electrons. The van der Waals surface area contributed by atoms with Crippen molar-refractivity contribution in [2.75, 3.05) is 6.79 Å². The number of rotatable bonds is 6. The predicted molar refractivity (Wildman–Crippen MR) is 132 cm³/mol. The van der Waals surface area contributed by atoms with E-state index in [9.17, 15) is 0 Å². The van der Waals surface area contributed by atoms with Crippen LogP contribution in [0, 0.1) is 0 Å². The molecule has 1 aliphatic rings. The summed E-state index contributed by atoms with van der Waals surface area (Å²) < 4.78 is 22.4. The average Bonchev–Trinajstić information content (AvgIpc) is 2.86. The fraction of sp³-hybridized carbons (Fsp3) is 0.435. The zero-order valence-electron chi connectivity index (χ0n) is 19.2. The molecule has 0 amide bonds. The van der Waals surface area contributed by atoms with Gasteiger partial charge in [-0.2, -0.15) is 0 Å². The van der Waals surface area contributed by atoms with Crippen LogP contribution in [0.2, 0.25) is 24.3 Å². The van der Waals surface area contributed by atoms with Gasteiger partial charge in [-0.1, -0.05) is 0 Å². The van der Waals surface area contributed by atoms with Gasteiger partial charge in [0.1, 0.15) is 0 Å². The molecule has 0 saturated heterocycles. The molecule has 0 unspecified atom stereocenters. The summed E-state index contributed by atoms with van der Waals surface area (Å²) in [7, 11) is 13.8. The van der Waals surface area contributed by atoms with E-state index in [4.69, 9.17) is 24.3 Å². The van der Waals surface area contributed by atoms with Crippen LogP contribution < -0.4 is 3.26 Å². The average molecular weight is 548 g/mol. The van der Waals surface area contributed by atoms with Gasteiger partial charge >= 0.3 is 186 Å². The van der Waals surface area contributed by atoms with Gasteiger partial charge in [0.25, 0.3) is 0 Å². The Morgan fingerprint density at radius 2 is 1.40 bits per heavy atom. The first-order valence-electron chi connectivity index (χ1n) is 10.5. The van der Waals surface area contributed by atoms with Gasteiger partial charge in [0.05, 0.1) is 0 Å². The molecule has 0 heterocycles. The Morgan fingerprint density at radius 3 is 1.80 bits per heavy atom. The molecule has 0 atom stereocenters. The number of halogens is 2. The number of nitrogens with one attached hydrogen (secondary N) is 1. The van der Waals surface area contributed by atoms with E-state index in [1.165, 1.54) is 0 Å². The third kappa shape index (κ3) is 4.64. The molecule has 7 heteroatoms. The SMILES string of the molecule is [CH2]=[Zr]([CH3])([Cl])([Cl])([NH]C(C)(C)C)([O]CO[Si](C)(C)C)[CH]1c2ccccc2-c2ccccc21. The minimum absolute atomic E-state index is 0.00556. The first-order chi connectivity index (χ1) is 13.3. The second-order valence-electron chi connectivity index (χ2n) is 11.8. The second kappa shape index (κ2) is 6.26. The number of fused-ring (bicyclic) bond motifs is 3. The summed E-state index contributed by atoms with van der Waals surface area (Å²) in [5.41, 5.74) is 3.85. The number of benzene rings is 2. The van der Waals surface area contributed by atoms with Crippen molar-refractivity contribution in [3.63, 3.8) is 0 Å². The summed E-state index contributed by atoms with van der Waals surface area (Å²) in [6.07, 6.45) is 0. The molecule has 2 aromatic carbocycles. The minimum atomic E-state index is -6.55. The van der Waals surface area contributed by atoms with Crippen LogP contribution in [0.5, 0.6) is 0 Å². The molecule has 30 heavy (non-hydrogen) atoms. The molecular formula is C23H35Cl2NO2SiZr. The van der Waals surface area contributed by atoms with E-state index in [2.05, 4.69) is 51.4 Å². The molecule has 0 spiro atoms. The quantitative estimate of drug-likeness (QED) is 0.303. The van der Waals surface area contributed by atoms with Crippen molar-refractivity contribution >= 4 is 29.6 Å². The monoisotopic (exact) mass is 545 g/mol. The van der Waals surface area contributed by atoms with Gasteiger partial charge < -0.3 is 0 Å². The normalized spacial score (nSPS) is 18.6. The maximum absolute atomic E-state index is 7.83. The van der Waals surface area contributed by atoms with Crippen LogP contribution in [0.1, 0.15) is 35.5 Å². The van der Waals surface area contributed by atoms with Crippen LogP contribution in [0.15, 0.2) is 48.5 Å². The molecule has 1 N–H and O–H groups in total. The summed E-state index contributed by atoms with van der Waals surface area (Å²) in [4.78, 5) is 0. The van der Waals surface area contributed by atoms with E-state index in [1.807, 2.05) is 49.7 Å². The van der Waals surface area contributed by atoms with E-state index in [1.54, 1.807) is 0 Å². The van der Waals surface area contributed by atoms with Crippen LogP contribution >= 0.6 is 17.0 Å². The van der Waals surface area contributed by atoms with Crippen LogP contribution in [-0.4, -0.2) is 24.9 Å². The van der Waals surface area contributed by atoms with Crippen molar-refractivity contribution in [1.82, 2.24) is 3.26 Å². The number of hydrogen-bond donors (Lipinski definition) is 1. The van der Waals surface area contributed by atoms with Crippen molar-refractivity contribution in [1.29, 1.82) is 0 Å². The molecule has 0 aromatic heterocycles. The van der Waals surface area contributed by atoms with Gasteiger partial charge in [-0.15, -0.1) is 0 Å². The third-order valence-corrected chi connectivity index (χ3v) is 24.7. The molecule has 3 nitrogen and oxygen atoms in total. The van der Waals surface area contributed by atoms with Crippen molar-refractivity contribution in [3.05, 3.63) is 59.7 Å². The molecule has 0 fully saturated rings. The van der Waals surface area contributed by atoms with Gasteiger partial charge in [0.15, 0.2) is 0 Å². The molecule has 166 valence electrons. The van der Waals surface area contributed by atoms with Gasteiger partial charge in [-0.3, -0.25) is 0 Å². The van der Waals surface area contributed by atoms with Crippen LogP contribution in [0.3, 0.4) is 0 Å². The first kappa shape index (κ1) is 24.5. The van der Waals surface area contributed by atoms with Gasteiger partial charge in [-0.25, -0.2) is 0 Å². The van der Waals surface area contributed by atoms with Crippen LogP contribution in [-0.2, 0) is 20.9 Å². The van der Waals surface area contributed by atoms with Gasteiger partial charge in [0.2, 0.25) is 0 Å². The van der Waals surface area contributed by atoms with E-state index in [-0.39, 0.29) is 6.79 Å². The Labute approximate surface area is 184 Å². The molecule has 3 rings (SSSR count). The van der Waals surface area contributed by atoms with Crippen LogP contribution in [0.25, 0.3) is 11.1 Å². The van der Waals surface area contributed by atoms with Crippen molar-refractivity contribution in [3.8, 4) is 11.1 Å². The van der Waals surface area contributed by atoms with Gasteiger partial charge in [-0.05, 0) is 0 Å². The van der Waals surface area contributed by atoms with Crippen molar-refractivity contribution < 1.29 is 20.9 Å². The molecule has 0 bridgehead atoms. The fourth-order valence-electron chi connectivity index (χ4n) is 5.10. The molecule has 1 aliphatic carbocycles. The van der Waals surface area contributed by atoms with Crippen LogP contribution in [0.4, 0.5) is 0 Å². The molecule has 0 aliphatic heterocycles. The second-order valence-corrected chi connectivity index (χ2v) is 52.7.